The molecule has 1 saturated heterocycles. The summed E-state index contributed by atoms with van der Waals surface area (Å²) in [7, 11) is 1.60. The highest BCUT2D eigenvalue weighted by Gasteiger charge is 2.21. The summed E-state index contributed by atoms with van der Waals surface area (Å²) in [6.07, 6.45) is 2.81. The van der Waals surface area contributed by atoms with E-state index in [9.17, 15) is 14.0 Å². The zero-order chi connectivity index (χ0) is 36.0. The number of hydrogen-bond donors (Lipinski definition) is 1. The van der Waals surface area contributed by atoms with Crippen LogP contribution in [0, 0.1) is 11.6 Å². The van der Waals surface area contributed by atoms with Crippen LogP contribution in [0.4, 0.5) is 14.5 Å². The van der Waals surface area contributed by atoms with Crippen molar-refractivity contribution in [2.45, 2.75) is 6.54 Å². The number of hydrogen-bond acceptors (Lipinski definition) is 10. The number of methoxy groups -OCH3 is 1. The van der Waals surface area contributed by atoms with Crippen molar-refractivity contribution in [1.29, 1.82) is 0 Å². The van der Waals surface area contributed by atoms with Crippen molar-refractivity contribution in [3.8, 4) is 28.8 Å². The van der Waals surface area contributed by atoms with E-state index in [-0.39, 0.29) is 34.3 Å². The maximum Gasteiger partial charge on any atom is 0.284 e. The molecular formula is C37H33F2N7O6. The second-order valence-electron chi connectivity index (χ2n) is 11.8. The minimum absolute atomic E-state index is 0.0821. The van der Waals surface area contributed by atoms with Crippen LogP contribution >= 0.6 is 0 Å². The number of nitrogens with one attached hydrogen (secondary N) is 1. The predicted octanol–water partition coefficient (Wildman–Crippen LogP) is 5.07. The zero-order valence-electron chi connectivity index (χ0n) is 28.0. The number of fused-ring (bicyclic) bond motifs is 1. The van der Waals surface area contributed by atoms with Crippen LogP contribution in [0.25, 0.3) is 16.7 Å². The summed E-state index contributed by atoms with van der Waals surface area (Å²) in [5, 5.41) is 11.7. The number of nitrogens with zero attached hydrogens (tertiary/aromatic N) is 6. The molecule has 0 unspecified atom stereocenters. The number of ether oxygens (including phenoxy) is 4. The van der Waals surface area contributed by atoms with Crippen molar-refractivity contribution in [3.63, 3.8) is 0 Å². The van der Waals surface area contributed by atoms with E-state index in [1.54, 1.807) is 24.1 Å². The first-order valence-corrected chi connectivity index (χ1v) is 16.4. The number of morpholine rings is 1. The van der Waals surface area contributed by atoms with E-state index in [2.05, 4.69) is 20.3 Å². The molecule has 13 nitrogen and oxygen atoms in total. The van der Waals surface area contributed by atoms with Crippen molar-refractivity contribution in [2.75, 3.05) is 51.9 Å². The molecule has 0 aliphatic carbocycles. The number of carbonyl (C=O) groups excluding carboxylic acids is 1. The SMILES string of the molecule is COc1ccc(Cn2nc(OCCN3CCOCC3)c3c(Oc4ccc(NC(=O)c5ccnn(-c6ccc(F)cc6)c5=O)cc4F)ccnc32)cc1. The molecule has 3 aromatic carbocycles. The number of benzene rings is 3. The van der Waals surface area contributed by atoms with Crippen molar-refractivity contribution >= 4 is 22.6 Å². The first-order valence-electron chi connectivity index (χ1n) is 16.4. The lowest BCUT2D eigenvalue weighted by atomic mass is 10.2. The largest absolute Gasteiger partial charge is 0.497 e. The fraction of sp³-hybridized carbons (Fsp3) is 0.216. The molecule has 1 N–H and O–H groups in total. The molecule has 52 heavy (non-hydrogen) atoms. The van der Waals surface area contributed by atoms with E-state index in [4.69, 9.17) is 24.0 Å². The van der Waals surface area contributed by atoms with E-state index in [0.29, 0.717) is 43.9 Å². The Morgan fingerprint density at radius 1 is 0.942 bits per heavy atom. The maximum atomic E-state index is 15.6. The number of rotatable bonds is 12. The van der Waals surface area contributed by atoms with E-state index >= 15 is 4.39 Å². The number of anilines is 1. The van der Waals surface area contributed by atoms with E-state index in [1.165, 1.54) is 48.7 Å². The standard InChI is InChI=1S/C37H33F2N7O6/c1-49-28-9-2-24(3-10-28)23-45-34-33(36(43-45)51-21-18-44-16-19-50-20-17-44)32(13-14-40-34)52-31-11-6-26(22-30(31)39)42-35(47)29-12-15-41-46(37(29)48)27-7-4-25(38)5-8-27/h2-15,22H,16-21,23H2,1H3,(H,42,47). The van der Waals surface area contributed by atoms with Crippen LogP contribution in [-0.2, 0) is 11.3 Å². The van der Waals surface area contributed by atoms with Gasteiger partial charge in [-0.1, -0.05) is 12.1 Å². The smallest absolute Gasteiger partial charge is 0.284 e. The quantitative estimate of drug-likeness (QED) is 0.184. The van der Waals surface area contributed by atoms with Crippen molar-refractivity contribution in [2.24, 2.45) is 0 Å². The Morgan fingerprint density at radius 3 is 2.48 bits per heavy atom. The molecule has 0 atom stereocenters. The average Bonchev–Trinajstić information content (AvgIpc) is 3.51. The number of pyridine rings is 1. The van der Waals surface area contributed by atoms with Gasteiger partial charge in [-0.3, -0.25) is 14.5 Å². The van der Waals surface area contributed by atoms with Gasteiger partial charge in [0.2, 0.25) is 5.88 Å². The highest BCUT2D eigenvalue weighted by Crippen LogP contribution is 2.37. The average molecular weight is 710 g/mol. The summed E-state index contributed by atoms with van der Waals surface area (Å²) >= 11 is 0. The lowest BCUT2D eigenvalue weighted by Crippen LogP contribution is -2.38. The van der Waals surface area contributed by atoms with Crippen molar-refractivity contribution in [3.05, 3.63) is 124 Å². The molecule has 1 aliphatic heterocycles. The summed E-state index contributed by atoms with van der Waals surface area (Å²) in [4.78, 5) is 32.9. The Morgan fingerprint density at radius 2 is 1.73 bits per heavy atom. The molecule has 3 aromatic heterocycles. The number of halogens is 2. The molecular weight excluding hydrogens is 676 g/mol. The molecule has 0 radical (unpaired) electrons. The Hall–Kier alpha value is -6.19. The minimum atomic E-state index is -0.782. The van der Waals surface area contributed by atoms with Gasteiger partial charge in [0, 0.05) is 49.8 Å². The molecule has 1 aliphatic rings. The normalized spacial score (nSPS) is 13.2. The van der Waals surface area contributed by atoms with Gasteiger partial charge in [0.1, 0.15) is 34.9 Å². The maximum absolute atomic E-state index is 15.6. The summed E-state index contributed by atoms with van der Waals surface area (Å²) in [5.41, 5.74) is 0.802. The molecule has 0 spiro atoms. The predicted molar refractivity (Wildman–Crippen MR) is 187 cm³/mol. The molecule has 0 saturated carbocycles. The number of aromatic nitrogens is 5. The lowest BCUT2D eigenvalue weighted by Gasteiger charge is -2.26. The molecule has 4 heterocycles. The van der Waals surface area contributed by atoms with Gasteiger partial charge in [-0.25, -0.2) is 18.4 Å². The second-order valence-corrected chi connectivity index (χ2v) is 11.8. The molecule has 7 rings (SSSR count). The molecule has 6 aromatic rings. The van der Waals surface area contributed by atoms with Gasteiger partial charge >= 0.3 is 0 Å². The fourth-order valence-electron chi connectivity index (χ4n) is 5.66. The van der Waals surface area contributed by atoms with Gasteiger partial charge < -0.3 is 24.3 Å². The second kappa shape index (κ2) is 15.4. The van der Waals surface area contributed by atoms with E-state index < -0.39 is 23.1 Å². The lowest BCUT2D eigenvalue weighted by molar-refractivity contribution is 0.0320. The summed E-state index contributed by atoms with van der Waals surface area (Å²) in [5.74, 6) is -0.895. The highest BCUT2D eigenvalue weighted by molar-refractivity contribution is 6.04. The van der Waals surface area contributed by atoms with Crippen molar-refractivity contribution in [1.82, 2.24) is 29.4 Å². The molecule has 266 valence electrons. The minimum Gasteiger partial charge on any atom is -0.497 e. The third-order valence-corrected chi connectivity index (χ3v) is 8.38. The topological polar surface area (TPSA) is 135 Å². The molecule has 1 fully saturated rings. The number of amides is 1. The van der Waals surface area contributed by atoms with Gasteiger partial charge in [-0.05, 0) is 60.2 Å². The van der Waals surface area contributed by atoms with Crippen molar-refractivity contribution < 1.29 is 32.5 Å². The van der Waals surface area contributed by atoms with E-state index in [0.717, 1.165) is 35.2 Å². The Kier molecular flexibility index (Phi) is 10.1. The summed E-state index contributed by atoms with van der Waals surface area (Å²) in [6, 6.07) is 19.4. The van der Waals surface area contributed by atoms with Crippen LogP contribution in [0.15, 0.2) is 96.1 Å². The first-order chi connectivity index (χ1) is 25.4. The van der Waals surface area contributed by atoms with Crippen LogP contribution in [0.2, 0.25) is 0 Å². The van der Waals surface area contributed by atoms with Crippen LogP contribution in [-0.4, -0.2) is 81.9 Å². The Balaban J connectivity index is 1.12. The van der Waals surface area contributed by atoms with Gasteiger partial charge in [-0.15, -0.1) is 5.10 Å². The summed E-state index contributed by atoms with van der Waals surface area (Å²) in [6.45, 7) is 4.31. The van der Waals surface area contributed by atoms with Crippen LogP contribution in [0.5, 0.6) is 23.1 Å². The molecule has 1 amide bonds. The molecule has 0 bridgehead atoms. The van der Waals surface area contributed by atoms with Gasteiger partial charge in [0.05, 0.1) is 32.6 Å². The van der Waals surface area contributed by atoms with Gasteiger partial charge in [-0.2, -0.15) is 9.78 Å². The summed E-state index contributed by atoms with van der Waals surface area (Å²) < 4.78 is 54.7. The highest BCUT2D eigenvalue weighted by atomic mass is 19.1. The Labute approximate surface area is 295 Å². The van der Waals surface area contributed by atoms with Gasteiger partial charge in [0.25, 0.3) is 11.5 Å². The molecule has 15 heteroatoms. The third kappa shape index (κ3) is 7.60. The van der Waals surface area contributed by atoms with Crippen LogP contribution < -0.4 is 25.1 Å². The first kappa shape index (κ1) is 34.3. The fourth-order valence-corrected chi connectivity index (χ4v) is 5.66. The third-order valence-electron chi connectivity index (χ3n) is 8.38. The van der Waals surface area contributed by atoms with Crippen LogP contribution in [0.1, 0.15) is 15.9 Å². The zero-order valence-corrected chi connectivity index (χ0v) is 28.0. The van der Waals surface area contributed by atoms with Gasteiger partial charge in [0.15, 0.2) is 17.2 Å². The van der Waals surface area contributed by atoms with E-state index in [1.807, 2.05) is 24.3 Å². The Bertz CT molecular complexity index is 2260. The monoisotopic (exact) mass is 709 g/mol. The number of carbonyl (C=O) groups is 1. The van der Waals surface area contributed by atoms with Crippen LogP contribution in [0.3, 0.4) is 0 Å².